The maximum absolute atomic E-state index is 12.4. The zero-order valence-electron chi connectivity index (χ0n) is 15.3. The standard InChI is InChI=1S/C18H14Cl2N6OS2/c1-9-5-15-24-25-18(26(15)10(2)21-9)29-8-16(27)23-17-22-14(7-28-17)11-3-4-12(19)13(20)6-11/h3-7H,8H2,1-2H3,(H,22,23,27). The fraction of sp³-hybridized carbons (Fsp3) is 0.167. The predicted molar refractivity (Wildman–Crippen MR) is 117 cm³/mol. The van der Waals surface area contributed by atoms with E-state index in [4.69, 9.17) is 23.2 Å². The zero-order valence-corrected chi connectivity index (χ0v) is 18.5. The topological polar surface area (TPSA) is 85.1 Å². The molecule has 4 rings (SSSR count). The van der Waals surface area contributed by atoms with E-state index in [0.717, 1.165) is 22.8 Å². The Morgan fingerprint density at radius 3 is 2.79 bits per heavy atom. The quantitative estimate of drug-likeness (QED) is 0.422. The van der Waals surface area contributed by atoms with Gasteiger partial charge in [0.15, 0.2) is 15.9 Å². The number of thiazole rings is 1. The van der Waals surface area contributed by atoms with Gasteiger partial charge in [0.2, 0.25) is 5.91 Å². The van der Waals surface area contributed by atoms with Crippen molar-refractivity contribution in [2.24, 2.45) is 0 Å². The number of rotatable bonds is 5. The Morgan fingerprint density at radius 1 is 1.17 bits per heavy atom. The number of aromatic nitrogens is 5. The minimum atomic E-state index is -0.181. The van der Waals surface area contributed by atoms with Gasteiger partial charge in [0.05, 0.1) is 21.5 Å². The van der Waals surface area contributed by atoms with Crippen molar-refractivity contribution in [3.8, 4) is 11.3 Å². The fourth-order valence-electron chi connectivity index (χ4n) is 2.70. The number of thioether (sulfide) groups is 1. The summed E-state index contributed by atoms with van der Waals surface area (Å²) < 4.78 is 1.83. The first-order valence-corrected chi connectivity index (χ1v) is 11.1. The summed E-state index contributed by atoms with van der Waals surface area (Å²) in [6.07, 6.45) is 0. The maximum atomic E-state index is 12.4. The van der Waals surface area contributed by atoms with E-state index in [1.165, 1.54) is 23.1 Å². The Balaban J connectivity index is 1.42. The molecule has 148 valence electrons. The van der Waals surface area contributed by atoms with Crippen molar-refractivity contribution in [3.63, 3.8) is 0 Å². The summed E-state index contributed by atoms with van der Waals surface area (Å²) in [7, 11) is 0. The molecule has 1 amide bonds. The van der Waals surface area contributed by atoms with Gasteiger partial charge in [0.1, 0.15) is 5.82 Å². The SMILES string of the molecule is Cc1cc2nnc(SCC(=O)Nc3nc(-c4ccc(Cl)c(Cl)c4)cs3)n2c(C)n1. The van der Waals surface area contributed by atoms with Gasteiger partial charge in [-0.15, -0.1) is 21.5 Å². The summed E-state index contributed by atoms with van der Waals surface area (Å²) in [6, 6.07) is 7.15. The minimum absolute atomic E-state index is 0.176. The lowest BCUT2D eigenvalue weighted by Gasteiger charge is -2.04. The van der Waals surface area contributed by atoms with Crippen LogP contribution in [0.5, 0.6) is 0 Å². The predicted octanol–water partition coefficient (Wildman–Crippen LogP) is 4.90. The Bertz CT molecular complexity index is 1220. The van der Waals surface area contributed by atoms with Crippen molar-refractivity contribution >= 4 is 63.0 Å². The number of fused-ring (bicyclic) bond motifs is 1. The Labute approximate surface area is 184 Å². The second-order valence-electron chi connectivity index (χ2n) is 6.12. The summed E-state index contributed by atoms with van der Waals surface area (Å²) in [5, 5.41) is 15.0. The first kappa shape index (κ1) is 20.1. The van der Waals surface area contributed by atoms with Crippen LogP contribution >= 0.6 is 46.3 Å². The highest BCUT2D eigenvalue weighted by molar-refractivity contribution is 7.99. The van der Waals surface area contributed by atoms with Crippen molar-refractivity contribution in [1.29, 1.82) is 0 Å². The van der Waals surface area contributed by atoms with Crippen molar-refractivity contribution in [1.82, 2.24) is 24.6 Å². The molecule has 0 bridgehead atoms. The summed E-state index contributed by atoms with van der Waals surface area (Å²) in [5.41, 5.74) is 3.14. The van der Waals surface area contributed by atoms with Crippen LogP contribution in [0.15, 0.2) is 34.8 Å². The van der Waals surface area contributed by atoms with E-state index < -0.39 is 0 Å². The van der Waals surface area contributed by atoms with Gasteiger partial charge in [-0.1, -0.05) is 41.0 Å². The number of hydrogen-bond donors (Lipinski definition) is 1. The van der Waals surface area contributed by atoms with Crippen LogP contribution in [0.1, 0.15) is 11.5 Å². The van der Waals surface area contributed by atoms with Crippen molar-refractivity contribution in [2.75, 3.05) is 11.1 Å². The molecular formula is C18H14Cl2N6OS2. The third-order valence-corrected chi connectivity index (χ3v) is 6.38. The van der Waals surface area contributed by atoms with Gasteiger partial charge in [0.25, 0.3) is 0 Å². The van der Waals surface area contributed by atoms with Gasteiger partial charge in [-0.25, -0.2) is 9.97 Å². The monoisotopic (exact) mass is 464 g/mol. The van der Waals surface area contributed by atoms with Crippen LogP contribution in [0, 0.1) is 13.8 Å². The third-order valence-electron chi connectivity index (χ3n) is 3.96. The number of carbonyl (C=O) groups excluding carboxylic acids is 1. The molecule has 29 heavy (non-hydrogen) atoms. The summed E-state index contributed by atoms with van der Waals surface area (Å²) >= 11 is 14.6. The smallest absolute Gasteiger partial charge is 0.236 e. The first-order chi connectivity index (χ1) is 13.9. The number of nitrogens with one attached hydrogen (secondary N) is 1. The molecule has 4 aromatic rings. The molecule has 0 atom stereocenters. The van der Waals surface area contributed by atoms with E-state index in [2.05, 4.69) is 25.5 Å². The lowest BCUT2D eigenvalue weighted by molar-refractivity contribution is -0.113. The van der Waals surface area contributed by atoms with E-state index in [-0.39, 0.29) is 11.7 Å². The number of hydrogen-bond acceptors (Lipinski definition) is 7. The maximum Gasteiger partial charge on any atom is 0.236 e. The number of halogens is 2. The lowest BCUT2D eigenvalue weighted by Crippen LogP contribution is -2.14. The normalized spacial score (nSPS) is 11.2. The minimum Gasteiger partial charge on any atom is -0.301 e. The molecule has 11 heteroatoms. The molecule has 0 saturated carbocycles. The highest BCUT2D eigenvalue weighted by Crippen LogP contribution is 2.30. The number of aryl methyl sites for hydroxylation is 2. The van der Waals surface area contributed by atoms with Gasteiger partial charge in [-0.2, -0.15) is 0 Å². The third kappa shape index (κ3) is 4.37. The second kappa shape index (κ2) is 8.27. The van der Waals surface area contributed by atoms with Crippen LogP contribution in [0.2, 0.25) is 10.0 Å². The van der Waals surface area contributed by atoms with E-state index in [1.807, 2.05) is 35.8 Å². The average molecular weight is 465 g/mol. The van der Waals surface area contributed by atoms with Gasteiger partial charge < -0.3 is 5.32 Å². The molecule has 3 heterocycles. The molecule has 0 radical (unpaired) electrons. The molecule has 0 aliphatic carbocycles. The molecule has 1 aromatic carbocycles. The Kier molecular flexibility index (Phi) is 5.73. The van der Waals surface area contributed by atoms with Crippen molar-refractivity contribution in [2.45, 2.75) is 19.0 Å². The molecule has 1 N–H and O–H groups in total. The zero-order chi connectivity index (χ0) is 20.5. The van der Waals surface area contributed by atoms with Crippen LogP contribution in [0.3, 0.4) is 0 Å². The highest BCUT2D eigenvalue weighted by Gasteiger charge is 2.14. The molecule has 0 unspecified atom stereocenters. The molecule has 0 spiro atoms. The van der Waals surface area contributed by atoms with Gasteiger partial charge in [0, 0.05) is 22.7 Å². The van der Waals surface area contributed by atoms with Crippen LogP contribution in [0.25, 0.3) is 16.9 Å². The largest absolute Gasteiger partial charge is 0.301 e. The fourth-order valence-corrected chi connectivity index (χ4v) is 4.52. The van der Waals surface area contributed by atoms with Crippen LogP contribution < -0.4 is 5.32 Å². The van der Waals surface area contributed by atoms with E-state index in [9.17, 15) is 4.79 Å². The summed E-state index contributed by atoms with van der Waals surface area (Å²) in [4.78, 5) is 21.2. The summed E-state index contributed by atoms with van der Waals surface area (Å²) in [6.45, 7) is 3.79. The Hall–Kier alpha value is -2.20. The van der Waals surface area contributed by atoms with Gasteiger partial charge in [-0.3, -0.25) is 9.20 Å². The average Bonchev–Trinajstić information content (AvgIpc) is 3.29. The van der Waals surface area contributed by atoms with Gasteiger partial charge >= 0.3 is 0 Å². The number of amides is 1. The molecular weight excluding hydrogens is 451 g/mol. The van der Waals surface area contributed by atoms with Gasteiger partial charge in [-0.05, 0) is 26.0 Å². The number of anilines is 1. The molecule has 0 aliphatic heterocycles. The van der Waals surface area contributed by atoms with Crippen molar-refractivity contribution < 1.29 is 4.79 Å². The molecule has 7 nitrogen and oxygen atoms in total. The molecule has 3 aromatic heterocycles. The molecule has 0 saturated heterocycles. The first-order valence-electron chi connectivity index (χ1n) is 8.43. The molecule has 0 aliphatic rings. The number of nitrogens with zero attached hydrogens (tertiary/aromatic N) is 5. The number of carbonyl (C=O) groups is 1. The lowest BCUT2D eigenvalue weighted by atomic mass is 10.2. The van der Waals surface area contributed by atoms with Crippen molar-refractivity contribution in [3.05, 3.63) is 51.2 Å². The van der Waals surface area contributed by atoms with Crippen LogP contribution in [0.4, 0.5) is 5.13 Å². The summed E-state index contributed by atoms with van der Waals surface area (Å²) in [5.74, 6) is 0.772. The van der Waals surface area contributed by atoms with Crippen LogP contribution in [-0.2, 0) is 4.79 Å². The highest BCUT2D eigenvalue weighted by atomic mass is 35.5. The second-order valence-corrected chi connectivity index (χ2v) is 8.74. The van der Waals surface area contributed by atoms with E-state index in [0.29, 0.717) is 26.0 Å². The van der Waals surface area contributed by atoms with Crippen LogP contribution in [-0.4, -0.2) is 36.2 Å². The molecule has 0 fully saturated rings. The van der Waals surface area contributed by atoms with E-state index in [1.54, 1.807) is 12.1 Å². The Morgan fingerprint density at radius 2 is 2.00 bits per heavy atom. The van der Waals surface area contributed by atoms with E-state index >= 15 is 0 Å². The number of benzene rings is 1.